The lowest BCUT2D eigenvalue weighted by molar-refractivity contribution is 0.0952. The molecule has 2 aromatic rings. The SMILES string of the molecule is Cc1ccc(N(C)S(=O)(=O)c2ccsc2C(=O)NC2CC2)cc1C. The Bertz CT molecular complexity index is 883. The van der Waals surface area contributed by atoms with Crippen LogP contribution in [0.1, 0.15) is 33.6 Å². The Balaban J connectivity index is 1.93. The van der Waals surface area contributed by atoms with E-state index in [1.807, 2.05) is 26.0 Å². The van der Waals surface area contributed by atoms with Gasteiger partial charge < -0.3 is 5.32 Å². The number of nitrogens with one attached hydrogen (secondary N) is 1. The Morgan fingerprint density at radius 2 is 1.92 bits per heavy atom. The maximum Gasteiger partial charge on any atom is 0.265 e. The molecule has 0 aliphatic heterocycles. The van der Waals surface area contributed by atoms with Gasteiger partial charge in [-0.2, -0.15) is 0 Å². The van der Waals surface area contributed by atoms with Crippen LogP contribution in [-0.2, 0) is 10.0 Å². The third-order valence-corrected chi connectivity index (χ3v) is 7.11. The molecular formula is C17H20N2O3S2. The molecule has 3 rings (SSSR count). The molecule has 7 heteroatoms. The van der Waals surface area contributed by atoms with Gasteiger partial charge in [0.05, 0.1) is 5.69 Å². The minimum atomic E-state index is -3.79. The first-order valence-corrected chi connectivity index (χ1v) is 10.1. The molecule has 1 aliphatic rings. The second kappa shape index (κ2) is 6.22. The number of rotatable bonds is 5. The van der Waals surface area contributed by atoms with Gasteiger partial charge in [0.25, 0.3) is 15.9 Å². The number of carbonyl (C=O) groups is 1. The van der Waals surface area contributed by atoms with Crippen molar-refractivity contribution in [3.05, 3.63) is 45.6 Å². The quantitative estimate of drug-likeness (QED) is 0.887. The van der Waals surface area contributed by atoms with Crippen molar-refractivity contribution in [2.24, 2.45) is 0 Å². The molecule has 0 spiro atoms. The van der Waals surface area contributed by atoms with E-state index in [2.05, 4.69) is 5.32 Å². The first-order valence-electron chi connectivity index (χ1n) is 7.75. The third-order valence-electron chi connectivity index (χ3n) is 4.24. The smallest absolute Gasteiger partial charge is 0.265 e. The van der Waals surface area contributed by atoms with Crippen molar-refractivity contribution in [3.8, 4) is 0 Å². The summed E-state index contributed by atoms with van der Waals surface area (Å²) in [5.74, 6) is -0.306. The van der Waals surface area contributed by atoms with Crippen LogP contribution < -0.4 is 9.62 Å². The van der Waals surface area contributed by atoms with E-state index in [0.29, 0.717) is 5.69 Å². The van der Waals surface area contributed by atoms with Gasteiger partial charge in [-0.05, 0) is 61.4 Å². The summed E-state index contributed by atoms with van der Waals surface area (Å²) in [6, 6.07) is 7.19. The number of benzene rings is 1. The molecule has 0 unspecified atom stereocenters. The van der Waals surface area contributed by atoms with E-state index < -0.39 is 10.0 Å². The lowest BCUT2D eigenvalue weighted by Crippen LogP contribution is -2.30. The Hall–Kier alpha value is -1.86. The van der Waals surface area contributed by atoms with Gasteiger partial charge in [-0.15, -0.1) is 11.3 Å². The molecule has 1 N–H and O–H groups in total. The predicted octanol–water partition coefficient (Wildman–Crippen LogP) is 3.08. The normalized spacial score (nSPS) is 14.5. The van der Waals surface area contributed by atoms with Crippen molar-refractivity contribution < 1.29 is 13.2 Å². The number of hydrogen-bond acceptors (Lipinski definition) is 4. The van der Waals surface area contributed by atoms with Gasteiger partial charge in [0, 0.05) is 13.1 Å². The molecule has 0 bridgehead atoms. The van der Waals surface area contributed by atoms with Crippen molar-refractivity contribution in [1.29, 1.82) is 0 Å². The van der Waals surface area contributed by atoms with Crippen LogP contribution in [0.3, 0.4) is 0 Å². The number of aryl methyl sites for hydroxylation is 2. The lowest BCUT2D eigenvalue weighted by atomic mass is 10.1. The van der Waals surface area contributed by atoms with E-state index in [1.165, 1.54) is 17.4 Å². The van der Waals surface area contributed by atoms with Crippen LogP contribution in [0.15, 0.2) is 34.5 Å². The molecule has 0 atom stereocenters. The fourth-order valence-electron chi connectivity index (χ4n) is 2.35. The summed E-state index contributed by atoms with van der Waals surface area (Å²) in [7, 11) is -2.27. The molecule has 5 nitrogen and oxygen atoms in total. The third kappa shape index (κ3) is 3.18. The first-order chi connectivity index (χ1) is 11.3. The summed E-state index contributed by atoms with van der Waals surface area (Å²) in [5.41, 5.74) is 2.70. The zero-order chi connectivity index (χ0) is 17.5. The molecule has 0 saturated heterocycles. The Labute approximate surface area is 146 Å². The summed E-state index contributed by atoms with van der Waals surface area (Å²) < 4.78 is 27.2. The van der Waals surface area contributed by atoms with E-state index in [-0.39, 0.29) is 21.7 Å². The van der Waals surface area contributed by atoms with Gasteiger partial charge in [0.15, 0.2) is 0 Å². The second-order valence-electron chi connectivity index (χ2n) is 6.10. The number of carbonyl (C=O) groups excluding carboxylic acids is 1. The molecule has 0 radical (unpaired) electrons. The van der Waals surface area contributed by atoms with Crippen molar-refractivity contribution in [1.82, 2.24) is 5.32 Å². The highest BCUT2D eigenvalue weighted by molar-refractivity contribution is 7.93. The number of sulfonamides is 1. The molecule has 1 amide bonds. The highest BCUT2D eigenvalue weighted by Crippen LogP contribution is 2.29. The van der Waals surface area contributed by atoms with Crippen LogP contribution in [0, 0.1) is 13.8 Å². The largest absolute Gasteiger partial charge is 0.349 e. The topological polar surface area (TPSA) is 66.5 Å². The van der Waals surface area contributed by atoms with Crippen LogP contribution in [0.2, 0.25) is 0 Å². The monoisotopic (exact) mass is 364 g/mol. The van der Waals surface area contributed by atoms with E-state index in [0.717, 1.165) is 35.3 Å². The number of hydrogen-bond donors (Lipinski definition) is 1. The molecule has 1 fully saturated rings. The zero-order valence-corrected chi connectivity index (χ0v) is 15.5. The van der Waals surface area contributed by atoms with Gasteiger partial charge in [-0.25, -0.2) is 8.42 Å². The summed E-state index contributed by atoms with van der Waals surface area (Å²) in [6.45, 7) is 3.92. The standard InChI is InChI=1S/C17H20N2O3S2/c1-11-4-7-14(10-12(11)2)19(3)24(21,22)15-8-9-23-16(15)17(20)18-13-5-6-13/h4,7-10,13H,5-6H2,1-3H3,(H,18,20). The summed E-state index contributed by atoms with van der Waals surface area (Å²) in [4.78, 5) is 12.6. The van der Waals surface area contributed by atoms with Crippen molar-refractivity contribution in [3.63, 3.8) is 0 Å². The molecular weight excluding hydrogens is 344 g/mol. The molecule has 1 aliphatic carbocycles. The van der Waals surface area contributed by atoms with Crippen molar-refractivity contribution >= 4 is 33.0 Å². The average molecular weight is 364 g/mol. The fraction of sp³-hybridized carbons (Fsp3) is 0.353. The Morgan fingerprint density at radius 1 is 1.21 bits per heavy atom. The van der Waals surface area contributed by atoms with Gasteiger partial charge in [0.1, 0.15) is 9.77 Å². The predicted molar refractivity (Wildman–Crippen MR) is 96.3 cm³/mol. The van der Waals surface area contributed by atoms with Crippen LogP contribution >= 0.6 is 11.3 Å². The Morgan fingerprint density at radius 3 is 2.54 bits per heavy atom. The number of thiophene rings is 1. The first kappa shape index (κ1) is 17.0. The van der Waals surface area contributed by atoms with Crippen molar-refractivity contribution in [2.75, 3.05) is 11.4 Å². The molecule has 1 aromatic carbocycles. The van der Waals surface area contributed by atoms with E-state index >= 15 is 0 Å². The number of amides is 1. The van der Waals surface area contributed by atoms with Crippen molar-refractivity contribution in [2.45, 2.75) is 37.6 Å². The molecule has 24 heavy (non-hydrogen) atoms. The van der Waals surface area contributed by atoms with Crippen LogP contribution in [0.4, 0.5) is 5.69 Å². The fourth-order valence-corrected chi connectivity index (χ4v) is 4.84. The summed E-state index contributed by atoms with van der Waals surface area (Å²) >= 11 is 1.15. The number of anilines is 1. The van der Waals surface area contributed by atoms with Gasteiger partial charge in [-0.3, -0.25) is 9.10 Å². The van der Waals surface area contributed by atoms with E-state index in [1.54, 1.807) is 11.4 Å². The zero-order valence-electron chi connectivity index (χ0n) is 13.9. The minimum Gasteiger partial charge on any atom is -0.349 e. The average Bonchev–Trinajstić information content (AvgIpc) is 3.20. The maximum atomic E-state index is 13.0. The van der Waals surface area contributed by atoms with Gasteiger partial charge >= 0.3 is 0 Å². The van der Waals surface area contributed by atoms with E-state index in [9.17, 15) is 13.2 Å². The second-order valence-corrected chi connectivity index (χ2v) is 8.96. The van der Waals surface area contributed by atoms with Crippen LogP contribution in [0.5, 0.6) is 0 Å². The summed E-state index contributed by atoms with van der Waals surface area (Å²) in [5, 5.41) is 4.49. The lowest BCUT2D eigenvalue weighted by Gasteiger charge is -2.20. The van der Waals surface area contributed by atoms with Crippen LogP contribution in [-0.4, -0.2) is 27.4 Å². The maximum absolute atomic E-state index is 13.0. The molecule has 1 saturated carbocycles. The molecule has 1 aromatic heterocycles. The summed E-state index contributed by atoms with van der Waals surface area (Å²) in [6.07, 6.45) is 1.92. The molecule has 128 valence electrons. The Kier molecular flexibility index (Phi) is 4.40. The number of nitrogens with zero attached hydrogens (tertiary/aromatic N) is 1. The minimum absolute atomic E-state index is 0.0615. The van der Waals surface area contributed by atoms with Crippen LogP contribution in [0.25, 0.3) is 0 Å². The van der Waals surface area contributed by atoms with Gasteiger partial charge in [0.2, 0.25) is 0 Å². The van der Waals surface area contributed by atoms with Gasteiger partial charge in [-0.1, -0.05) is 6.07 Å². The highest BCUT2D eigenvalue weighted by Gasteiger charge is 2.31. The highest BCUT2D eigenvalue weighted by atomic mass is 32.2. The molecule has 1 heterocycles. The van der Waals surface area contributed by atoms with E-state index in [4.69, 9.17) is 0 Å².